The summed E-state index contributed by atoms with van der Waals surface area (Å²) in [5.74, 6) is -0.105. The van der Waals surface area contributed by atoms with Crippen LogP contribution >= 0.6 is 0 Å². The van der Waals surface area contributed by atoms with Gasteiger partial charge in [-0.3, -0.25) is 0 Å². The van der Waals surface area contributed by atoms with Crippen LogP contribution in [-0.4, -0.2) is 6.36 Å². The highest BCUT2D eigenvalue weighted by Crippen LogP contribution is 2.26. The predicted octanol–water partition coefficient (Wildman–Crippen LogP) is 3.74. The molecule has 4 heteroatoms. The molecule has 0 aliphatic rings. The molecule has 0 heterocycles. The number of unbranched alkanes of at least 4 members (excludes halogenated alkanes) is 1. The number of ether oxygens (including phenoxy) is 1. The average molecular weight is 217 g/mol. The van der Waals surface area contributed by atoms with E-state index in [9.17, 15) is 13.2 Å². The van der Waals surface area contributed by atoms with Gasteiger partial charge in [0.2, 0.25) is 0 Å². The number of hydrogen-bond acceptors (Lipinski definition) is 1. The molecule has 83 valence electrons. The number of halogens is 3. The maximum absolute atomic E-state index is 12.0. The molecule has 0 saturated heterocycles. The van der Waals surface area contributed by atoms with E-state index in [4.69, 9.17) is 0 Å². The molecule has 0 amide bonds. The average Bonchev–Trinajstić information content (AvgIpc) is 2.14. The minimum atomic E-state index is -4.62. The molecule has 1 radical (unpaired) electrons. The van der Waals surface area contributed by atoms with Gasteiger partial charge in [-0.05, 0) is 30.9 Å². The predicted molar refractivity (Wildman–Crippen MR) is 51.4 cm³/mol. The van der Waals surface area contributed by atoms with E-state index in [1.807, 2.05) is 13.3 Å². The Balaban J connectivity index is 2.77. The molecule has 1 aromatic rings. The summed E-state index contributed by atoms with van der Waals surface area (Å²) in [5.41, 5.74) is 0.577. The zero-order chi connectivity index (χ0) is 11.3. The standard InChI is InChI=1S/C11H12F3O/c1-2-3-6-9-7-4-5-8-10(9)15-11(12,13)14/h2,4-5,7-8H,3,6H2,1H3. The summed E-state index contributed by atoms with van der Waals surface area (Å²) in [5, 5.41) is 0. The molecule has 0 spiro atoms. The van der Waals surface area contributed by atoms with Gasteiger partial charge in [0.25, 0.3) is 0 Å². The highest BCUT2D eigenvalue weighted by molar-refractivity contribution is 5.33. The Labute approximate surface area is 86.9 Å². The smallest absolute Gasteiger partial charge is 0.406 e. The zero-order valence-electron chi connectivity index (χ0n) is 8.34. The Hall–Kier alpha value is -1.19. The SMILES string of the molecule is C[CH]CCc1ccccc1OC(F)(F)F. The van der Waals surface area contributed by atoms with Crippen molar-refractivity contribution < 1.29 is 17.9 Å². The van der Waals surface area contributed by atoms with Gasteiger partial charge in [0.1, 0.15) is 5.75 Å². The van der Waals surface area contributed by atoms with Crippen molar-refractivity contribution in [3.8, 4) is 5.75 Å². The highest BCUT2D eigenvalue weighted by Gasteiger charge is 2.31. The normalized spacial score (nSPS) is 11.5. The Morgan fingerprint density at radius 1 is 1.27 bits per heavy atom. The van der Waals surface area contributed by atoms with Crippen molar-refractivity contribution in [2.75, 3.05) is 0 Å². The van der Waals surface area contributed by atoms with Gasteiger partial charge in [-0.1, -0.05) is 25.1 Å². The molecule has 0 fully saturated rings. The van der Waals surface area contributed by atoms with Crippen molar-refractivity contribution in [3.63, 3.8) is 0 Å². The van der Waals surface area contributed by atoms with Crippen molar-refractivity contribution in [2.45, 2.75) is 26.1 Å². The number of alkyl halides is 3. The largest absolute Gasteiger partial charge is 0.573 e. The van der Waals surface area contributed by atoms with Crippen LogP contribution in [-0.2, 0) is 6.42 Å². The minimum absolute atomic E-state index is 0.105. The van der Waals surface area contributed by atoms with Crippen molar-refractivity contribution in [1.82, 2.24) is 0 Å². The topological polar surface area (TPSA) is 9.23 Å². The summed E-state index contributed by atoms with van der Waals surface area (Å²) >= 11 is 0. The van der Waals surface area contributed by atoms with E-state index < -0.39 is 6.36 Å². The van der Waals surface area contributed by atoms with Gasteiger partial charge in [0.15, 0.2) is 0 Å². The van der Waals surface area contributed by atoms with Crippen LogP contribution in [0, 0.1) is 6.42 Å². The maximum Gasteiger partial charge on any atom is 0.573 e. The van der Waals surface area contributed by atoms with Crippen LogP contribution < -0.4 is 4.74 Å². The van der Waals surface area contributed by atoms with Gasteiger partial charge in [-0.15, -0.1) is 13.2 Å². The van der Waals surface area contributed by atoms with Crippen LogP contribution in [0.1, 0.15) is 18.9 Å². The van der Waals surface area contributed by atoms with E-state index in [1.165, 1.54) is 12.1 Å². The molecular formula is C11H12F3O. The van der Waals surface area contributed by atoms with Gasteiger partial charge in [-0.2, -0.15) is 0 Å². The van der Waals surface area contributed by atoms with Gasteiger partial charge >= 0.3 is 6.36 Å². The fourth-order valence-corrected chi connectivity index (χ4v) is 1.23. The summed E-state index contributed by atoms with van der Waals surface area (Å²) in [6, 6.07) is 6.21. The van der Waals surface area contributed by atoms with Crippen LogP contribution in [0.25, 0.3) is 0 Å². The molecule has 0 saturated carbocycles. The summed E-state index contributed by atoms with van der Waals surface area (Å²) < 4.78 is 40.0. The molecule has 1 nitrogen and oxygen atoms in total. The second kappa shape index (κ2) is 5.05. The van der Waals surface area contributed by atoms with Crippen LogP contribution in [0.5, 0.6) is 5.75 Å². The minimum Gasteiger partial charge on any atom is -0.406 e. The molecule has 1 aromatic carbocycles. The monoisotopic (exact) mass is 217 g/mol. The van der Waals surface area contributed by atoms with Crippen LogP contribution in [0.3, 0.4) is 0 Å². The van der Waals surface area contributed by atoms with E-state index in [1.54, 1.807) is 12.1 Å². The lowest BCUT2D eigenvalue weighted by atomic mass is 10.1. The first kappa shape index (κ1) is 11.9. The number of aryl methyl sites for hydroxylation is 1. The molecule has 0 unspecified atom stereocenters. The Morgan fingerprint density at radius 2 is 1.93 bits per heavy atom. The van der Waals surface area contributed by atoms with Crippen molar-refractivity contribution >= 4 is 0 Å². The third-order valence-electron chi connectivity index (χ3n) is 1.90. The summed E-state index contributed by atoms with van der Waals surface area (Å²) in [4.78, 5) is 0. The maximum atomic E-state index is 12.0. The molecule has 0 bridgehead atoms. The van der Waals surface area contributed by atoms with E-state index in [-0.39, 0.29) is 5.75 Å². The zero-order valence-corrected chi connectivity index (χ0v) is 8.34. The number of para-hydroxylation sites is 1. The Kier molecular flexibility index (Phi) is 4.00. The first-order valence-electron chi connectivity index (χ1n) is 4.64. The number of hydrogen-bond donors (Lipinski definition) is 0. The van der Waals surface area contributed by atoms with Crippen LogP contribution in [0.4, 0.5) is 13.2 Å². The first-order chi connectivity index (χ1) is 7.03. The van der Waals surface area contributed by atoms with Gasteiger partial charge in [-0.25, -0.2) is 0 Å². The van der Waals surface area contributed by atoms with Crippen molar-refractivity contribution in [1.29, 1.82) is 0 Å². The van der Waals surface area contributed by atoms with Gasteiger partial charge < -0.3 is 4.74 Å². The highest BCUT2D eigenvalue weighted by atomic mass is 19.4. The molecule has 0 aliphatic carbocycles. The quantitative estimate of drug-likeness (QED) is 0.746. The van der Waals surface area contributed by atoms with E-state index in [0.717, 1.165) is 6.42 Å². The number of rotatable bonds is 4. The van der Waals surface area contributed by atoms with Crippen LogP contribution in [0.2, 0.25) is 0 Å². The second-order valence-corrected chi connectivity index (χ2v) is 3.10. The van der Waals surface area contributed by atoms with Gasteiger partial charge in [0, 0.05) is 0 Å². The molecular weight excluding hydrogens is 205 g/mol. The third-order valence-corrected chi connectivity index (χ3v) is 1.90. The molecule has 15 heavy (non-hydrogen) atoms. The summed E-state index contributed by atoms with van der Waals surface area (Å²) in [6.45, 7) is 1.87. The van der Waals surface area contributed by atoms with E-state index in [0.29, 0.717) is 12.0 Å². The number of benzene rings is 1. The fraction of sp³-hybridized carbons (Fsp3) is 0.364. The lowest BCUT2D eigenvalue weighted by molar-refractivity contribution is -0.274. The van der Waals surface area contributed by atoms with Gasteiger partial charge in [0.05, 0.1) is 0 Å². The lowest BCUT2D eigenvalue weighted by Crippen LogP contribution is -2.18. The molecule has 0 N–H and O–H groups in total. The Morgan fingerprint density at radius 3 is 2.53 bits per heavy atom. The third kappa shape index (κ3) is 4.23. The molecule has 0 aromatic heterocycles. The lowest BCUT2D eigenvalue weighted by Gasteiger charge is -2.12. The summed E-state index contributed by atoms with van der Waals surface area (Å²) in [7, 11) is 0. The molecule has 0 atom stereocenters. The Bertz CT molecular complexity index is 307. The molecule has 1 rings (SSSR count). The molecule has 0 aliphatic heterocycles. The van der Waals surface area contributed by atoms with Crippen molar-refractivity contribution in [2.24, 2.45) is 0 Å². The second-order valence-electron chi connectivity index (χ2n) is 3.10. The van der Waals surface area contributed by atoms with E-state index in [2.05, 4.69) is 4.74 Å². The first-order valence-corrected chi connectivity index (χ1v) is 4.64. The van der Waals surface area contributed by atoms with Crippen LogP contribution in [0.15, 0.2) is 24.3 Å². The van der Waals surface area contributed by atoms with E-state index >= 15 is 0 Å². The fourth-order valence-electron chi connectivity index (χ4n) is 1.23. The summed E-state index contributed by atoms with van der Waals surface area (Å²) in [6.07, 6.45) is -1.42. The van der Waals surface area contributed by atoms with Crippen molar-refractivity contribution in [3.05, 3.63) is 36.2 Å².